The number of nitrogens with one attached hydrogen (secondary N) is 1. The first-order valence-electron chi connectivity index (χ1n) is 7.86. The largest absolute Gasteiger partial charge is 0.310 e. The van der Waals surface area contributed by atoms with Gasteiger partial charge in [-0.1, -0.05) is 38.1 Å². The molecular weight excluding hydrogens is 258 g/mol. The number of hydrogen-bond acceptors (Lipinski definition) is 3. The maximum atomic E-state index is 4.63. The lowest BCUT2D eigenvalue weighted by molar-refractivity contribution is 0.576. The zero-order valence-corrected chi connectivity index (χ0v) is 12.8. The lowest BCUT2D eigenvalue weighted by Crippen LogP contribution is -2.22. The summed E-state index contributed by atoms with van der Waals surface area (Å²) in [6.45, 7) is 5.13. The van der Waals surface area contributed by atoms with E-state index < -0.39 is 0 Å². The highest BCUT2D eigenvalue weighted by molar-refractivity contribution is 5.36. The van der Waals surface area contributed by atoms with E-state index in [1.807, 2.05) is 12.4 Å². The Labute approximate surface area is 126 Å². The average molecular weight is 281 g/mol. The monoisotopic (exact) mass is 281 g/mol. The molecule has 0 amide bonds. The van der Waals surface area contributed by atoms with Crippen LogP contribution in [0, 0.1) is 0 Å². The van der Waals surface area contributed by atoms with Crippen molar-refractivity contribution in [1.82, 2.24) is 15.3 Å². The van der Waals surface area contributed by atoms with E-state index in [1.54, 1.807) is 0 Å². The van der Waals surface area contributed by atoms with Crippen LogP contribution in [0.4, 0.5) is 0 Å². The van der Waals surface area contributed by atoms with Crippen LogP contribution in [0.2, 0.25) is 0 Å². The van der Waals surface area contributed by atoms with Gasteiger partial charge in [-0.3, -0.25) is 0 Å². The molecule has 1 unspecified atom stereocenters. The molecule has 3 rings (SSSR count). The molecule has 1 atom stereocenters. The minimum Gasteiger partial charge on any atom is -0.310 e. The minimum absolute atomic E-state index is 0.363. The summed E-state index contributed by atoms with van der Waals surface area (Å²) in [5.41, 5.74) is 4.02. The van der Waals surface area contributed by atoms with Gasteiger partial charge in [-0.15, -0.1) is 0 Å². The quantitative estimate of drug-likeness (QED) is 0.933. The predicted octanol–water partition coefficient (Wildman–Crippen LogP) is 3.44. The zero-order valence-electron chi connectivity index (χ0n) is 12.8. The van der Waals surface area contributed by atoms with E-state index >= 15 is 0 Å². The first-order valence-corrected chi connectivity index (χ1v) is 7.86. The van der Waals surface area contributed by atoms with Gasteiger partial charge in [0.05, 0.1) is 0 Å². The van der Waals surface area contributed by atoms with Crippen molar-refractivity contribution in [2.24, 2.45) is 0 Å². The number of benzene rings is 1. The van der Waals surface area contributed by atoms with Crippen molar-refractivity contribution in [2.75, 3.05) is 0 Å². The number of nitrogens with zero attached hydrogens (tertiary/aromatic N) is 2. The van der Waals surface area contributed by atoms with Gasteiger partial charge >= 0.3 is 0 Å². The van der Waals surface area contributed by atoms with Crippen molar-refractivity contribution in [3.8, 4) is 0 Å². The Bertz CT molecular complexity index is 590. The predicted molar refractivity (Wildman–Crippen MR) is 85.2 cm³/mol. The highest BCUT2D eigenvalue weighted by Gasteiger charge is 2.23. The third-order valence-electron chi connectivity index (χ3n) is 4.12. The Morgan fingerprint density at radius 1 is 1.19 bits per heavy atom. The molecule has 21 heavy (non-hydrogen) atoms. The molecule has 0 bridgehead atoms. The lowest BCUT2D eigenvalue weighted by Gasteiger charge is -2.24. The maximum Gasteiger partial charge on any atom is 0.135 e. The van der Waals surface area contributed by atoms with E-state index in [0.717, 1.165) is 24.4 Å². The van der Waals surface area contributed by atoms with Gasteiger partial charge in [0.25, 0.3) is 0 Å². The van der Waals surface area contributed by atoms with E-state index in [4.69, 9.17) is 0 Å². The molecule has 0 aliphatic heterocycles. The number of aryl methyl sites for hydroxylation is 1. The van der Waals surface area contributed by atoms with Gasteiger partial charge in [-0.2, -0.15) is 0 Å². The second kappa shape index (κ2) is 6.35. The van der Waals surface area contributed by atoms with Crippen LogP contribution >= 0.6 is 0 Å². The van der Waals surface area contributed by atoms with Crippen molar-refractivity contribution in [2.45, 2.75) is 51.6 Å². The van der Waals surface area contributed by atoms with E-state index in [9.17, 15) is 0 Å². The maximum absolute atomic E-state index is 4.63. The molecule has 3 heteroatoms. The Kier molecular flexibility index (Phi) is 4.30. The molecule has 1 aliphatic rings. The molecule has 1 aromatic carbocycles. The number of rotatable bonds is 4. The second-order valence-corrected chi connectivity index (χ2v) is 6.13. The van der Waals surface area contributed by atoms with Crippen molar-refractivity contribution < 1.29 is 0 Å². The smallest absolute Gasteiger partial charge is 0.135 e. The van der Waals surface area contributed by atoms with Crippen molar-refractivity contribution in [1.29, 1.82) is 0 Å². The SMILES string of the molecule is CC(C)NCc1cnc(C2CCCc3ccccc32)nc1. The van der Waals surface area contributed by atoms with Gasteiger partial charge in [-0.05, 0) is 30.4 Å². The average Bonchev–Trinajstić information content (AvgIpc) is 2.53. The standard InChI is InChI=1S/C18H23N3/c1-13(2)19-10-14-11-20-18(21-12-14)17-9-5-7-15-6-3-4-8-16(15)17/h3-4,6,8,11-13,17,19H,5,7,9-10H2,1-2H3. The van der Waals surface area contributed by atoms with Crippen molar-refractivity contribution >= 4 is 0 Å². The number of hydrogen-bond donors (Lipinski definition) is 1. The highest BCUT2D eigenvalue weighted by Crippen LogP contribution is 2.34. The topological polar surface area (TPSA) is 37.8 Å². The van der Waals surface area contributed by atoms with Gasteiger partial charge in [-0.25, -0.2) is 9.97 Å². The minimum atomic E-state index is 0.363. The molecule has 0 saturated heterocycles. The Morgan fingerprint density at radius 3 is 2.71 bits per heavy atom. The van der Waals surface area contributed by atoms with E-state index in [0.29, 0.717) is 12.0 Å². The van der Waals surface area contributed by atoms with Crippen LogP contribution in [0.3, 0.4) is 0 Å². The van der Waals surface area contributed by atoms with Gasteiger partial charge in [0.15, 0.2) is 0 Å². The Balaban J connectivity index is 1.79. The molecule has 0 saturated carbocycles. The summed E-state index contributed by atoms with van der Waals surface area (Å²) in [5, 5.41) is 3.40. The van der Waals surface area contributed by atoms with E-state index in [2.05, 4.69) is 53.4 Å². The van der Waals surface area contributed by atoms with Crippen LogP contribution < -0.4 is 5.32 Å². The molecule has 1 heterocycles. The van der Waals surface area contributed by atoms with E-state index in [1.165, 1.54) is 24.0 Å². The molecule has 1 aromatic heterocycles. The van der Waals surface area contributed by atoms with E-state index in [-0.39, 0.29) is 0 Å². The molecular formula is C18H23N3. The van der Waals surface area contributed by atoms with Crippen LogP contribution in [0.1, 0.15) is 55.1 Å². The van der Waals surface area contributed by atoms with Crippen LogP contribution in [-0.2, 0) is 13.0 Å². The number of aromatic nitrogens is 2. The van der Waals surface area contributed by atoms with Gasteiger partial charge in [0.2, 0.25) is 0 Å². The van der Waals surface area contributed by atoms with Gasteiger partial charge in [0, 0.05) is 36.5 Å². The molecule has 2 aromatic rings. The fraction of sp³-hybridized carbons (Fsp3) is 0.444. The Hall–Kier alpha value is -1.74. The van der Waals surface area contributed by atoms with Gasteiger partial charge < -0.3 is 5.32 Å². The van der Waals surface area contributed by atoms with Crippen LogP contribution in [-0.4, -0.2) is 16.0 Å². The summed E-state index contributed by atoms with van der Waals surface area (Å²) >= 11 is 0. The summed E-state index contributed by atoms with van der Waals surface area (Å²) in [6.07, 6.45) is 7.50. The Morgan fingerprint density at radius 2 is 1.95 bits per heavy atom. The normalized spacial score (nSPS) is 17.8. The summed E-state index contributed by atoms with van der Waals surface area (Å²) < 4.78 is 0. The second-order valence-electron chi connectivity index (χ2n) is 6.13. The molecule has 1 N–H and O–H groups in total. The summed E-state index contributed by atoms with van der Waals surface area (Å²) in [5.74, 6) is 1.33. The fourth-order valence-electron chi connectivity index (χ4n) is 2.98. The molecule has 0 spiro atoms. The summed E-state index contributed by atoms with van der Waals surface area (Å²) in [4.78, 5) is 9.26. The molecule has 1 aliphatic carbocycles. The van der Waals surface area contributed by atoms with Crippen molar-refractivity contribution in [3.05, 3.63) is 59.2 Å². The zero-order chi connectivity index (χ0) is 14.7. The summed E-state index contributed by atoms with van der Waals surface area (Å²) in [7, 11) is 0. The summed E-state index contributed by atoms with van der Waals surface area (Å²) in [6, 6.07) is 9.20. The third-order valence-corrected chi connectivity index (χ3v) is 4.12. The van der Waals surface area contributed by atoms with Crippen LogP contribution in [0.15, 0.2) is 36.7 Å². The van der Waals surface area contributed by atoms with Crippen molar-refractivity contribution in [3.63, 3.8) is 0 Å². The first kappa shape index (κ1) is 14.2. The fourth-order valence-corrected chi connectivity index (χ4v) is 2.98. The third kappa shape index (κ3) is 3.30. The molecule has 0 fully saturated rings. The highest BCUT2D eigenvalue weighted by atomic mass is 14.9. The van der Waals surface area contributed by atoms with Gasteiger partial charge in [0.1, 0.15) is 5.82 Å². The van der Waals surface area contributed by atoms with Crippen LogP contribution in [0.25, 0.3) is 0 Å². The van der Waals surface area contributed by atoms with Crippen LogP contribution in [0.5, 0.6) is 0 Å². The molecule has 0 radical (unpaired) electrons. The lowest BCUT2D eigenvalue weighted by atomic mass is 9.82. The molecule has 110 valence electrons. The number of fused-ring (bicyclic) bond motifs is 1. The molecule has 3 nitrogen and oxygen atoms in total. The first-order chi connectivity index (χ1) is 10.2.